The molecule has 1 aromatic heterocycles. The molecule has 1 aromatic carbocycles. The molecule has 72 valence electrons. The Morgan fingerprint density at radius 3 is 2.79 bits per heavy atom. The highest BCUT2D eigenvalue weighted by Crippen LogP contribution is 2.23. The molecule has 4 nitrogen and oxygen atoms in total. The molecule has 0 spiro atoms. The molecule has 0 aliphatic heterocycles. The van der Waals surface area contributed by atoms with Gasteiger partial charge in [0.1, 0.15) is 0 Å². The number of rotatable bonds is 1. The van der Waals surface area contributed by atoms with E-state index in [2.05, 4.69) is 10.1 Å². The lowest BCUT2D eigenvalue weighted by Crippen LogP contribution is -1.81. The molecule has 0 radical (unpaired) electrons. The van der Waals surface area contributed by atoms with Crippen molar-refractivity contribution < 1.29 is 14.0 Å². The number of hydrogen-bond acceptors (Lipinski definition) is 4. The minimum Gasteiger partial charge on any atom is -0.505 e. The van der Waals surface area contributed by atoms with Crippen LogP contribution >= 0.6 is 0 Å². The third-order valence-corrected chi connectivity index (χ3v) is 1.72. The molecule has 1 heterocycles. The fraction of sp³-hybridized carbons (Fsp3) is 0.111. The Kier molecular flexibility index (Phi) is 1.92. The quantitative estimate of drug-likeness (QED) is 0.753. The van der Waals surface area contributed by atoms with Crippen molar-refractivity contribution in [2.45, 2.75) is 6.92 Å². The zero-order valence-corrected chi connectivity index (χ0v) is 7.36. The monoisotopic (exact) mass is 194 g/mol. The predicted octanol–water partition coefficient (Wildman–Crippen LogP) is 1.89. The number of phenols is 1. The summed E-state index contributed by atoms with van der Waals surface area (Å²) in [6, 6.07) is 3.89. The smallest absolute Gasteiger partial charge is 0.258 e. The summed E-state index contributed by atoms with van der Waals surface area (Å²) < 4.78 is 17.8. The Balaban J connectivity index is 2.47. The summed E-state index contributed by atoms with van der Waals surface area (Å²) in [4.78, 5) is 3.93. The topological polar surface area (TPSA) is 59.2 Å². The molecule has 1 N–H and O–H groups in total. The van der Waals surface area contributed by atoms with Gasteiger partial charge in [-0.25, -0.2) is 4.39 Å². The van der Waals surface area contributed by atoms with Crippen molar-refractivity contribution in [1.82, 2.24) is 10.1 Å². The highest BCUT2D eigenvalue weighted by molar-refractivity contribution is 5.54. The molecule has 0 aliphatic rings. The molecule has 0 aliphatic carbocycles. The summed E-state index contributed by atoms with van der Waals surface area (Å²) in [5.74, 6) is -0.391. The Hall–Kier alpha value is -1.91. The Morgan fingerprint density at radius 1 is 1.43 bits per heavy atom. The van der Waals surface area contributed by atoms with Gasteiger partial charge in [0, 0.05) is 5.56 Å². The molecule has 0 bridgehead atoms. The van der Waals surface area contributed by atoms with Crippen LogP contribution in [0.3, 0.4) is 0 Å². The van der Waals surface area contributed by atoms with Gasteiger partial charge < -0.3 is 9.63 Å². The van der Waals surface area contributed by atoms with E-state index in [1.807, 2.05) is 0 Å². The van der Waals surface area contributed by atoms with E-state index in [4.69, 9.17) is 9.63 Å². The van der Waals surface area contributed by atoms with Crippen molar-refractivity contribution in [3.05, 3.63) is 29.8 Å². The molecule has 0 unspecified atom stereocenters. The lowest BCUT2D eigenvalue weighted by Gasteiger charge is -1.96. The number of aryl methyl sites for hydroxylation is 1. The minimum atomic E-state index is -0.710. The molecular formula is C9H7FN2O2. The number of aromatic nitrogens is 2. The first-order valence-corrected chi connectivity index (χ1v) is 3.96. The molecule has 0 saturated heterocycles. The van der Waals surface area contributed by atoms with E-state index in [0.29, 0.717) is 11.4 Å². The van der Waals surface area contributed by atoms with Crippen molar-refractivity contribution in [2.75, 3.05) is 0 Å². The normalized spacial score (nSPS) is 10.4. The summed E-state index contributed by atoms with van der Waals surface area (Å²) in [6.45, 7) is 1.67. The summed E-state index contributed by atoms with van der Waals surface area (Å²) in [5, 5.41) is 12.5. The second-order valence-corrected chi connectivity index (χ2v) is 2.81. The fourth-order valence-electron chi connectivity index (χ4n) is 1.05. The van der Waals surface area contributed by atoms with Crippen LogP contribution in [0.15, 0.2) is 22.7 Å². The number of phenolic OH excluding ortho intramolecular Hbond substituents is 1. The summed E-state index contributed by atoms with van der Waals surface area (Å²) in [7, 11) is 0. The zero-order valence-electron chi connectivity index (χ0n) is 7.36. The molecule has 0 fully saturated rings. The molecule has 2 aromatic rings. The van der Waals surface area contributed by atoms with E-state index in [-0.39, 0.29) is 5.89 Å². The van der Waals surface area contributed by atoms with Crippen LogP contribution in [0, 0.1) is 12.7 Å². The van der Waals surface area contributed by atoms with E-state index >= 15 is 0 Å². The molecule has 0 saturated carbocycles. The number of benzene rings is 1. The first-order valence-electron chi connectivity index (χ1n) is 3.96. The Bertz CT molecular complexity index is 468. The van der Waals surface area contributed by atoms with Gasteiger partial charge in [-0.1, -0.05) is 5.16 Å². The van der Waals surface area contributed by atoms with Crippen molar-refractivity contribution in [3.8, 4) is 17.2 Å². The Morgan fingerprint density at radius 2 is 2.21 bits per heavy atom. The van der Waals surface area contributed by atoms with E-state index in [1.165, 1.54) is 12.1 Å². The van der Waals surface area contributed by atoms with Gasteiger partial charge in [0.2, 0.25) is 0 Å². The summed E-state index contributed by atoms with van der Waals surface area (Å²) >= 11 is 0. The average Bonchev–Trinajstić information content (AvgIpc) is 2.57. The van der Waals surface area contributed by atoms with Gasteiger partial charge in [-0.05, 0) is 25.1 Å². The first kappa shape index (κ1) is 8.68. The maximum atomic E-state index is 12.9. The van der Waals surface area contributed by atoms with Crippen LogP contribution in [-0.4, -0.2) is 15.2 Å². The lowest BCUT2D eigenvalue weighted by atomic mass is 10.2. The molecule has 0 atom stereocenters. The zero-order chi connectivity index (χ0) is 10.1. The number of aromatic hydroxyl groups is 1. The van der Waals surface area contributed by atoms with Crippen LogP contribution < -0.4 is 0 Å². The molecule has 2 rings (SSSR count). The van der Waals surface area contributed by atoms with E-state index in [0.717, 1.165) is 6.07 Å². The fourth-order valence-corrected chi connectivity index (χ4v) is 1.05. The van der Waals surface area contributed by atoms with Gasteiger partial charge >= 0.3 is 0 Å². The van der Waals surface area contributed by atoms with E-state index in [1.54, 1.807) is 6.92 Å². The number of hydrogen-bond donors (Lipinski definition) is 1. The first-order chi connectivity index (χ1) is 6.66. The number of halogens is 1. The van der Waals surface area contributed by atoms with Gasteiger partial charge in [0.15, 0.2) is 17.4 Å². The van der Waals surface area contributed by atoms with Crippen molar-refractivity contribution >= 4 is 0 Å². The van der Waals surface area contributed by atoms with Gasteiger partial charge in [-0.2, -0.15) is 4.98 Å². The van der Waals surface area contributed by atoms with Crippen LogP contribution in [-0.2, 0) is 0 Å². The lowest BCUT2D eigenvalue weighted by molar-refractivity contribution is 0.422. The molecular weight excluding hydrogens is 187 g/mol. The van der Waals surface area contributed by atoms with Crippen molar-refractivity contribution in [3.63, 3.8) is 0 Å². The van der Waals surface area contributed by atoms with E-state index in [9.17, 15) is 4.39 Å². The van der Waals surface area contributed by atoms with Gasteiger partial charge in [0.05, 0.1) is 0 Å². The average molecular weight is 194 g/mol. The maximum Gasteiger partial charge on any atom is 0.258 e. The van der Waals surface area contributed by atoms with Gasteiger partial charge in [-0.15, -0.1) is 0 Å². The van der Waals surface area contributed by atoms with Crippen LogP contribution in [0.2, 0.25) is 0 Å². The third-order valence-electron chi connectivity index (χ3n) is 1.72. The van der Waals surface area contributed by atoms with Crippen LogP contribution in [0.25, 0.3) is 11.5 Å². The largest absolute Gasteiger partial charge is 0.505 e. The highest BCUT2D eigenvalue weighted by atomic mass is 19.1. The SMILES string of the molecule is Cc1noc(-c2ccc(O)c(F)c2)n1. The van der Waals surface area contributed by atoms with Crippen LogP contribution in [0.4, 0.5) is 4.39 Å². The predicted molar refractivity (Wildman–Crippen MR) is 46.1 cm³/mol. The molecule has 14 heavy (non-hydrogen) atoms. The van der Waals surface area contributed by atoms with Gasteiger partial charge in [-0.3, -0.25) is 0 Å². The standard InChI is InChI=1S/C9H7FN2O2/c1-5-11-9(14-12-5)6-2-3-8(13)7(10)4-6/h2-4,13H,1H3. The van der Waals surface area contributed by atoms with Crippen molar-refractivity contribution in [1.29, 1.82) is 0 Å². The minimum absolute atomic E-state index is 0.237. The second kappa shape index (κ2) is 3.10. The maximum absolute atomic E-state index is 12.9. The van der Waals surface area contributed by atoms with E-state index < -0.39 is 11.6 Å². The second-order valence-electron chi connectivity index (χ2n) is 2.81. The van der Waals surface area contributed by atoms with Crippen LogP contribution in [0.5, 0.6) is 5.75 Å². The molecule has 5 heteroatoms. The summed E-state index contributed by atoms with van der Waals surface area (Å²) in [6.07, 6.45) is 0. The number of nitrogens with zero attached hydrogens (tertiary/aromatic N) is 2. The summed E-state index contributed by atoms with van der Waals surface area (Å²) in [5.41, 5.74) is 0.445. The Labute approximate surface area is 79.0 Å². The molecule has 0 amide bonds. The van der Waals surface area contributed by atoms with Crippen LogP contribution in [0.1, 0.15) is 5.82 Å². The highest BCUT2D eigenvalue weighted by Gasteiger charge is 2.08. The third kappa shape index (κ3) is 1.44. The van der Waals surface area contributed by atoms with Gasteiger partial charge in [0.25, 0.3) is 5.89 Å². The van der Waals surface area contributed by atoms with Crippen molar-refractivity contribution in [2.24, 2.45) is 0 Å².